The van der Waals surface area contributed by atoms with Crippen molar-refractivity contribution < 1.29 is 24.5 Å². The minimum atomic E-state index is -0.360. The van der Waals surface area contributed by atoms with Crippen molar-refractivity contribution >= 4 is 11.6 Å². The molecule has 5 heteroatoms. The van der Waals surface area contributed by atoms with E-state index in [0.717, 1.165) is 0 Å². The van der Waals surface area contributed by atoms with Crippen LogP contribution >= 0.6 is 0 Å². The van der Waals surface area contributed by atoms with Crippen molar-refractivity contribution in [1.82, 2.24) is 0 Å². The van der Waals surface area contributed by atoms with Crippen LogP contribution in [0.25, 0.3) is 0 Å². The first-order chi connectivity index (χ1) is 11.0. The standard InChI is InChI=1S/C18H16O5/c1-9-7-12-13(8-14(9)20)17(22)15-11(16(12)21)4-3-10(5-6-19)18(15)23-2/h3-4,7-8,19-20H,5-6H2,1-2H3. The van der Waals surface area contributed by atoms with Gasteiger partial charge in [-0.05, 0) is 42.7 Å². The van der Waals surface area contributed by atoms with Crippen LogP contribution in [0.3, 0.4) is 0 Å². The van der Waals surface area contributed by atoms with Crippen LogP contribution in [-0.2, 0) is 6.42 Å². The highest BCUT2D eigenvalue weighted by atomic mass is 16.5. The zero-order chi connectivity index (χ0) is 16.7. The lowest BCUT2D eigenvalue weighted by Gasteiger charge is -2.22. The van der Waals surface area contributed by atoms with Crippen molar-refractivity contribution in [1.29, 1.82) is 0 Å². The minimum absolute atomic E-state index is 0.0289. The van der Waals surface area contributed by atoms with E-state index in [9.17, 15) is 14.7 Å². The SMILES string of the molecule is COc1c(CCO)ccc2c1C(=O)c1cc(O)c(C)cc1C2=O. The van der Waals surface area contributed by atoms with Gasteiger partial charge in [-0.2, -0.15) is 0 Å². The Kier molecular flexibility index (Phi) is 3.66. The van der Waals surface area contributed by atoms with E-state index in [4.69, 9.17) is 9.84 Å². The highest BCUT2D eigenvalue weighted by Crippen LogP contribution is 2.37. The molecule has 0 radical (unpaired) electrons. The van der Waals surface area contributed by atoms with Gasteiger partial charge in [0.25, 0.3) is 0 Å². The maximum absolute atomic E-state index is 12.8. The molecule has 0 aromatic heterocycles. The van der Waals surface area contributed by atoms with Crippen LogP contribution in [0.5, 0.6) is 11.5 Å². The third-order valence-electron chi connectivity index (χ3n) is 4.12. The molecule has 0 atom stereocenters. The summed E-state index contributed by atoms with van der Waals surface area (Å²) in [6.07, 6.45) is 0.323. The average Bonchev–Trinajstić information content (AvgIpc) is 2.54. The smallest absolute Gasteiger partial charge is 0.198 e. The first-order valence-corrected chi connectivity index (χ1v) is 7.23. The van der Waals surface area contributed by atoms with Crippen molar-refractivity contribution in [2.24, 2.45) is 0 Å². The number of aryl methyl sites for hydroxylation is 1. The summed E-state index contributed by atoms with van der Waals surface area (Å²) in [4.78, 5) is 25.6. The second-order valence-electron chi connectivity index (χ2n) is 5.50. The number of ketones is 2. The number of ether oxygens (including phenoxy) is 1. The van der Waals surface area contributed by atoms with Gasteiger partial charge in [0.05, 0.1) is 12.7 Å². The molecule has 23 heavy (non-hydrogen) atoms. The molecule has 0 amide bonds. The zero-order valence-corrected chi connectivity index (χ0v) is 12.8. The van der Waals surface area contributed by atoms with Crippen LogP contribution in [-0.4, -0.2) is 35.5 Å². The van der Waals surface area contributed by atoms with Crippen molar-refractivity contribution in [3.05, 3.63) is 57.6 Å². The highest BCUT2D eigenvalue weighted by Gasteiger charge is 2.34. The quantitative estimate of drug-likeness (QED) is 0.773. The van der Waals surface area contributed by atoms with E-state index in [0.29, 0.717) is 23.3 Å². The number of phenolic OH excluding ortho intramolecular Hbond substituents is 1. The number of rotatable bonds is 3. The molecule has 3 rings (SSSR count). The summed E-state index contributed by atoms with van der Waals surface area (Å²) in [6, 6.07) is 6.14. The Bertz CT molecular complexity index is 836. The summed E-state index contributed by atoms with van der Waals surface area (Å²) in [7, 11) is 1.43. The topological polar surface area (TPSA) is 83.8 Å². The monoisotopic (exact) mass is 312 g/mol. The lowest BCUT2D eigenvalue weighted by Crippen LogP contribution is -2.22. The molecule has 2 aromatic rings. The van der Waals surface area contributed by atoms with Gasteiger partial charge in [-0.15, -0.1) is 0 Å². The first kappa shape index (κ1) is 15.2. The van der Waals surface area contributed by atoms with Crippen LogP contribution in [0.15, 0.2) is 24.3 Å². The van der Waals surface area contributed by atoms with Crippen molar-refractivity contribution in [2.45, 2.75) is 13.3 Å². The molecule has 0 fully saturated rings. The fraction of sp³-hybridized carbons (Fsp3) is 0.222. The molecule has 0 saturated carbocycles. The summed E-state index contributed by atoms with van der Waals surface area (Å²) in [5.74, 6) is -0.354. The molecular formula is C18H16O5. The second kappa shape index (κ2) is 5.52. The number of methoxy groups -OCH3 is 1. The average molecular weight is 312 g/mol. The zero-order valence-electron chi connectivity index (χ0n) is 12.8. The lowest BCUT2D eigenvalue weighted by atomic mass is 9.81. The second-order valence-corrected chi connectivity index (χ2v) is 5.50. The van der Waals surface area contributed by atoms with Gasteiger partial charge in [0, 0.05) is 23.3 Å². The van der Waals surface area contributed by atoms with Crippen LogP contribution < -0.4 is 4.74 Å². The lowest BCUT2D eigenvalue weighted by molar-refractivity contribution is 0.0976. The van der Waals surface area contributed by atoms with Gasteiger partial charge in [0.2, 0.25) is 0 Å². The Morgan fingerprint density at radius 2 is 1.74 bits per heavy atom. The van der Waals surface area contributed by atoms with Crippen molar-refractivity contribution in [3.63, 3.8) is 0 Å². The minimum Gasteiger partial charge on any atom is -0.508 e. The predicted octanol–water partition coefficient (Wildman–Crippen LogP) is 2.02. The van der Waals surface area contributed by atoms with E-state index in [-0.39, 0.29) is 46.2 Å². The number of aliphatic hydroxyl groups excluding tert-OH is 1. The maximum Gasteiger partial charge on any atom is 0.198 e. The molecule has 1 aliphatic rings. The Labute approximate surface area is 133 Å². The molecule has 2 N–H and O–H groups in total. The maximum atomic E-state index is 12.8. The van der Waals surface area contributed by atoms with Gasteiger partial charge in [0.1, 0.15) is 11.5 Å². The Morgan fingerprint density at radius 1 is 1.04 bits per heavy atom. The highest BCUT2D eigenvalue weighted by molar-refractivity contribution is 6.29. The molecule has 0 spiro atoms. The Balaban J connectivity index is 2.29. The number of aliphatic hydroxyl groups is 1. The summed E-state index contributed by atoms with van der Waals surface area (Å²) < 4.78 is 5.34. The molecule has 118 valence electrons. The van der Waals surface area contributed by atoms with E-state index in [1.54, 1.807) is 19.1 Å². The number of fused-ring (bicyclic) bond motifs is 2. The fourth-order valence-corrected chi connectivity index (χ4v) is 2.94. The van der Waals surface area contributed by atoms with Gasteiger partial charge in [-0.3, -0.25) is 9.59 Å². The normalized spacial score (nSPS) is 12.8. The molecule has 0 aliphatic heterocycles. The Hall–Kier alpha value is -2.66. The fourth-order valence-electron chi connectivity index (χ4n) is 2.94. The number of phenols is 1. The molecule has 0 heterocycles. The van der Waals surface area contributed by atoms with Gasteiger partial charge in [-0.1, -0.05) is 6.07 Å². The molecule has 1 aliphatic carbocycles. The number of hydrogen-bond acceptors (Lipinski definition) is 5. The van der Waals surface area contributed by atoms with E-state index >= 15 is 0 Å². The predicted molar refractivity (Wildman–Crippen MR) is 83.5 cm³/mol. The van der Waals surface area contributed by atoms with Crippen LogP contribution in [0.1, 0.15) is 43.0 Å². The van der Waals surface area contributed by atoms with Gasteiger partial charge in [0.15, 0.2) is 11.6 Å². The molecule has 0 unspecified atom stereocenters. The summed E-state index contributed by atoms with van der Waals surface area (Å²) in [6.45, 7) is 1.58. The molecule has 5 nitrogen and oxygen atoms in total. The summed E-state index contributed by atoms with van der Waals surface area (Å²) in [5, 5.41) is 19.0. The summed E-state index contributed by atoms with van der Waals surface area (Å²) >= 11 is 0. The largest absolute Gasteiger partial charge is 0.508 e. The number of aromatic hydroxyl groups is 1. The van der Waals surface area contributed by atoms with Crippen molar-refractivity contribution in [2.75, 3.05) is 13.7 Å². The first-order valence-electron chi connectivity index (χ1n) is 7.23. The van der Waals surface area contributed by atoms with Gasteiger partial charge >= 0.3 is 0 Å². The number of carbonyl (C=O) groups is 2. The molecule has 2 aromatic carbocycles. The van der Waals surface area contributed by atoms with Gasteiger partial charge in [-0.25, -0.2) is 0 Å². The molecular weight excluding hydrogens is 296 g/mol. The van der Waals surface area contributed by atoms with Crippen LogP contribution in [0, 0.1) is 6.92 Å². The third-order valence-corrected chi connectivity index (χ3v) is 4.12. The van der Waals surface area contributed by atoms with E-state index in [2.05, 4.69) is 0 Å². The van der Waals surface area contributed by atoms with E-state index in [1.165, 1.54) is 19.2 Å². The number of hydrogen-bond donors (Lipinski definition) is 2. The molecule has 0 saturated heterocycles. The third kappa shape index (κ3) is 2.21. The Morgan fingerprint density at radius 3 is 2.39 bits per heavy atom. The van der Waals surface area contributed by atoms with Crippen LogP contribution in [0.2, 0.25) is 0 Å². The van der Waals surface area contributed by atoms with Crippen LogP contribution in [0.4, 0.5) is 0 Å². The van der Waals surface area contributed by atoms with E-state index in [1.807, 2.05) is 0 Å². The van der Waals surface area contributed by atoms with E-state index < -0.39 is 0 Å². The number of benzene rings is 2. The summed E-state index contributed by atoms with van der Waals surface area (Å²) in [5.41, 5.74) is 2.14. The van der Waals surface area contributed by atoms with Gasteiger partial charge < -0.3 is 14.9 Å². The van der Waals surface area contributed by atoms with Crippen molar-refractivity contribution in [3.8, 4) is 11.5 Å². The number of carbonyl (C=O) groups excluding carboxylic acids is 2. The molecule has 0 bridgehead atoms.